The SMILES string of the molecule is Cc1ccc(C)c(C(N)CN(C)C2CCOC2C)c1. The van der Waals surface area contributed by atoms with Gasteiger partial charge in [0, 0.05) is 25.2 Å². The molecule has 1 fully saturated rings. The minimum Gasteiger partial charge on any atom is -0.377 e. The van der Waals surface area contributed by atoms with Crippen LogP contribution in [-0.4, -0.2) is 37.2 Å². The molecule has 1 saturated heterocycles. The lowest BCUT2D eigenvalue weighted by Crippen LogP contribution is -2.40. The normalized spacial score (nSPS) is 24.9. The average Bonchev–Trinajstić information content (AvgIpc) is 2.78. The van der Waals surface area contributed by atoms with Crippen molar-refractivity contribution in [2.24, 2.45) is 5.73 Å². The number of nitrogens with two attached hydrogens (primary N) is 1. The summed E-state index contributed by atoms with van der Waals surface area (Å²) in [4.78, 5) is 2.35. The summed E-state index contributed by atoms with van der Waals surface area (Å²) in [6.45, 7) is 8.15. The van der Waals surface area contributed by atoms with Crippen molar-refractivity contribution in [3.63, 3.8) is 0 Å². The van der Waals surface area contributed by atoms with Crippen LogP contribution in [0.5, 0.6) is 0 Å². The minimum absolute atomic E-state index is 0.0673. The Hall–Kier alpha value is -0.900. The monoisotopic (exact) mass is 262 g/mol. The fourth-order valence-electron chi connectivity index (χ4n) is 3.00. The van der Waals surface area contributed by atoms with Gasteiger partial charge in [-0.05, 0) is 45.4 Å². The molecule has 0 aromatic heterocycles. The summed E-state index contributed by atoms with van der Waals surface area (Å²) in [5, 5.41) is 0. The zero-order chi connectivity index (χ0) is 14.0. The summed E-state index contributed by atoms with van der Waals surface area (Å²) in [5.74, 6) is 0. The molecule has 2 N–H and O–H groups in total. The summed E-state index contributed by atoms with van der Waals surface area (Å²) in [6.07, 6.45) is 1.42. The van der Waals surface area contributed by atoms with Gasteiger partial charge in [0.2, 0.25) is 0 Å². The van der Waals surface area contributed by atoms with Crippen LogP contribution < -0.4 is 5.73 Å². The number of benzene rings is 1. The Balaban J connectivity index is 2.04. The highest BCUT2D eigenvalue weighted by molar-refractivity contribution is 5.33. The van der Waals surface area contributed by atoms with Crippen LogP contribution in [-0.2, 0) is 4.74 Å². The zero-order valence-electron chi connectivity index (χ0n) is 12.5. The van der Waals surface area contributed by atoms with Gasteiger partial charge < -0.3 is 10.5 Å². The van der Waals surface area contributed by atoms with Gasteiger partial charge in [-0.2, -0.15) is 0 Å². The van der Waals surface area contributed by atoms with Crippen LogP contribution in [0.25, 0.3) is 0 Å². The number of hydrogen-bond donors (Lipinski definition) is 1. The molecule has 3 heteroatoms. The van der Waals surface area contributed by atoms with E-state index in [0.29, 0.717) is 12.1 Å². The van der Waals surface area contributed by atoms with Crippen molar-refractivity contribution in [2.45, 2.75) is 45.4 Å². The Kier molecular flexibility index (Phi) is 4.61. The van der Waals surface area contributed by atoms with Gasteiger partial charge in [-0.25, -0.2) is 0 Å². The fraction of sp³-hybridized carbons (Fsp3) is 0.625. The molecule has 1 aliphatic rings. The van der Waals surface area contributed by atoms with E-state index in [1.54, 1.807) is 0 Å². The minimum atomic E-state index is 0.0673. The first-order chi connectivity index (χ1) is 8.99. The van der Waals surface area contributed by atoms with E-state index < -0.39 is 0 Å². The lowest BCUT2D eigenvalue weighted by atomic mass is 9.98. The highest BCUT2D eigenvalue weighted by Crippen LogP contribution is 2.22. The molecule has 19 heavy (non-hydrogen) atoms. The van der Waals surface area contributed by atoms with Crippen LogP contribution in [0.4, 0.5) is 0 Å². The molecule has 0 bridgehead atoms. The first-order valence-corrected chi connectivity index (χ1v) is 7.13. The Morgan fingerprint density at radius 3 is 2.79 bits per heavy atom. The van der Waals surface area contributed by atoms with Crippen molar-refractivity contribution in [3.05, 3.63) is 34.9 Å². The molecule has 0 aliphatic carbocycles. The molecule has 0 amide bonds. The second-order valence-electron chi connectivity index (χ2n) is 5.84. The maximum Gasteiger partial charge on any atom is 0.0702 e. The second-order valence-corrected chi connectivity index (χ2v) is 5.84. The van der Waals surface area contributed by atoms with Crippen molar-refractivity contribution >= 4 is 0 Å². The highest BCUT2D eigenvalue weighted by atomic mass is 16.5. The van der Waals surface area contributed by atoms with Crippen LogP contribution in [0.2, 0.25) is 0 Å². The standard InChI is InChI=1S/C16H26N2O/c1-11-5-6-12(2)14(9-11)15(17)10-18(4)16-7-8-19-13(16)3/h5-6,9,13,15-16H,7-8,10,17H2,1-4H3. The van der Waals surface area contributed by atoms with Gasteiger partial charge in [0.25, 0.3) is 0 Å². The van der Waals surface area contributed by atoms with Crippen molar-refractivity contribution in [2.75, 3.05) is 20.2 Å². The third-order valence-corrected chi connectivity index (χ3v) is 4.22. The molecule has 1 aromatic rings. The molecule has 2 rings (SSSR count). The molecule has 0 radical (unpaired) electrons. The molecular formula is C16H26N2O. The van der Waals surface area contributed by atoms with Crippen LogP contribution in [0.1, 0.15) is 36.1 Å². The molecule has 0 saturated carbocycles. The van der Waals surface area contributed by atoms with E-state index in [9.17, 15) is 0 Å². The summed E-state index contributed by atoms with van der Waals surface area (Å²) >= 11 is 0. The molecule has 1 heterocycles. The van der Waals surface area contributed by atoms with E-state index >= 15 is 0 Å². The van der Waals surface area contributed by atoms with Gasteiger partial charge in [0.15, 0.2) is 0 Å². The number of ether oxygens (including phenoxy) is 1. The van der Waals surface area contributed by atoms with E-state index in [4.69, 9.17) is 10.5 Å². The summed E-state index contributed by atoms with van der Waals surface area (Å²) in [5.41, 5.74) is 10.2. The summed E-state index contributed by atoms with van der Waals surface area (Å²) in [7, 11) is 2.15. The van der Waals surface area contributed by atoms with Gasteiger partial charge in [0.1, 0.15) is 0 Å². The zero-order valence-corrected chi connectivity index (χ0v) is 12.5. The van der Waals surface area contributed by atoms with Gasteiger partial charge in [-0.1, -0.05) is 23.8 Å². The largest absolute Gasteiger partial charge is 0.377 e. The van der Waals surface area contributed by atoms with E-state index in [1.165, 1.54) is 16.7 Å². The number of nitrogens with zero attached hydrogens (tertiary/aromatic N) is 1. The number of rotatable bonds is 4. The molecule has 0 spiro atoms. The molecule has 3 nitrogen and oxygen atoms in total. The van der Waals surface area contributed by atoms with Gasteiger partial charge in [0.05, 0.1) is 6.10 Å². The number of aryl methyl sites for hydroxylation is 2. The Bertz CT molecular complexity index is 433. The van der Waals surface area contributed by atoms with E-state index in [2.05, 4.69) is 50.9 Å². The van der Waals surface area contributed by atoms with Crippen LogP contribution in [0.15, 0.2) is 18.2 Å². The molecule has 1 aliphatic heterocycles. The lowest BCUT2D eigenvalue weighted by Gasteiger charge is -2.29. The van der Waals surface area contributed by atoms with Crippen LogP contribution in [0, 0.1) is 13.8 Å². The van der Waals surface area contributed by atoms with E-state index in [1.807, 2.05) is 0 Å². The smallest absolute Gasteiger partial charge is 0.0702 e. The third-order valence-electron chi connectivity index (χ3n) is 4.22. The molecule has 3 unspecified atom stereocenters. The summed E-state index contributed by atoms with van der Waals surface area (Å²) in [6, 6.07) is 7.07. The average molecular weight is 262 g/mol. The Morgan fingerprint density at radius 2 is 2.16 bits per heavy atom. The predicted octanol–water partition coefficient (Wildman–Crippen LogP) is 2.41. The van der Waals surface area contributed by atoms with Crippen LogP contribution >= 0.6 is 0 Å². The Labute approximate surface area is 116 Å². The topological polar surface area (TPSA) is 38.5 Å². The van der Waals surface area contributed by atoms with Crippen molar-refractivity contribution < 1.29 is 4.74 Å². The van der Waals surface area contributed by atoms with E-state index in [-0.39, 0.29) is 6.04 Å². The first-order valence-electron chi connectivity index (χ1n) is 7.13. The van der Waals surface area contributed by atoms with Gasteiger partial charge in [-0.3, -0.25) is 4.90 Å². The maximum absolute atomic E-state index is 6.40. The van der Waals surface area contributed by atoms with Gasteiger partial charge >= 0.3 is 0 Å². The number of hydrogen-bond acceptors (Lipinski definition) is 3. The predicted molar refractivity (Wildman–Crippen MR) is 79.3 cm³/mol. The lowest BCUT2D eigenvalue weighted by molar-refractivity contribution is 0.0818. The van der Waals surface area contributed by atoms with E-state index in [0.717, 1.165) is 19.6 Å². The highest BCUT2D eigenvalue weighted by Gasteiger charge is 2.28. The number of likely N-dealkylation sites (N-methyl/N-ethyl adjacent to an activating group) is 1. The molecule has 1 aromatic carbocycles. The molecular weight excluding hydrogens is 236 g/mol. The Morgan fingerprint density at radius 1 is 1.42 bits per heavy atom. The van der Waals surface area contributed by atoms with Crippen molar-refractivity contribution in [1.82, 2.24) is 4.90 Å². The van der Waals surface area contributed by atoms with Crippen molar-refractivity contribution in [1.29, 1.82) is 0 Å². The van der Waals surface area contributed by atoms with Crippen molar-refractivity contribution in [3.8, 4) is 0 Å². The van der Waals surface area contributed by atoms with Crippen LogP contribution in [0.3, 0.4) is 0 Å². The molecule has 106 valence electrons. The maximum atomic E-state index is 6.40. The third kappa shape index (κ3) is 3.35. The second kappa shape index (κ2) is 6.04. The fourth-order valence-corrected chi connectivity index (χ4v) is 3.00. The quantitative estimate of drug-likeness (QED) is 0.905. The first kappa shape index (κ1) is 14.5. The molecule has 3 atom stereocenters. The summed E-state index contributed by atoms with van der Waals surface area (Å²) < 4.78 is 5.63. The van der Waals surface area contributed by atoms with Gasteiger partial charge in [-0.15, -0.1) is 0 Å².